The van der Waals surface area contributed by atoms with Gasteiger partial charge < -0.3 is 24.3 Å². The summed E-state index contributed by atoms with van der Waals surface area (Å²) in [4.78, 5) is 31.3. The number of amides is 1. The van der Waals surface area contributed by atoms with Crippen LogP contribution >= 0.6 is 0 Å². The molecule has 0 bridgehead atoms. The molecule has 41 heavy (non-hydrogen) atoms. The van der Waals surface area contributed by atoms with Gasteiger partial charge in [-0.25, -0.2) is 9.97 Å². The van der Waals surface area contributed by atoms with Crippen molar-refractivity contribution in [1.82, 2.24) is 33.9 Å². The normalized spacial score (nSPS) is 17.0. The van der Waals surface area contributed by atoms with Crippen LogP contribution in [0.15, 0.2) is 43.0 Å². The maximum atomic E-state index is 13.8. The molecule has 4 heterocycles. The Hall–Kier alpha value is -3.93. The minimum atomic E-state index is -4.54. The predicted octanol–water partition coefficient (Wildman–Crippen LogP) is 5.58. The number of hydrogen-bond donors (Lipinski definition) is 1. The third-order valence-electron chi connectivity index (χ3n) is 8.10. The number of rotatable bonds is 6. The topological polar surface area (TPSA) is 84.1 Å². The molecule has 0 radical (unpaired) electrons. The van der Waals surface area contributed by atoms with Crippen molar-refractivity contribution in [3.63, 3.8) is 0 Å². The van der Waals surface area contributed by atoms with Gasteiger partial charge in [-0.15, -0.1) is 0 Å². The number of likely N-dealkylation sites (N-methyl/N-ethyl adjacent to an activating group) is 1. The smallest absolute Gasteiger partial charge is 0.335 e. The highest BCUT2D eigenvalue weighted by Crippen LogP contribution is 2.36. The number of nitrogens with zero attached hydrogens (tertiary/aromatic N) is 7. The van der Waals surface area contributed by atoms with E-state index in [-0.39, 0.29) is 23.6 Å². The van der Waals surface area contributed by atoms with Crippen molar-refractivity contribution in [1.29, 1.82) is 0 Å². The number of aromatic nitrogens is 5. The molecule has 2 fully saturated rings. The lowest BCUT2D eigenvalue weighted by atomic mass is 10.1. The lowest BCUT2D eigenvalue weighted by Crippen LogP contribution is -2.48. The number of halogens is 3. The van der Waals surface area contributed by atoms with Crippen LogP contribution in [0.1, 0.15) is 60.4 Å². The number of fused-ring (bicyclic) bond motifs is 1. The number of anilines is 2. The first kappa shape index (κ1) is 27.3. The van der Waals surface area contributed by atoms with Gasteiger partial charge in [0.15, 0.2) is 0 Å². The van der Waals surface area contributed by atoms with E-state index < -0.39 is 11.7 Å². The first-order valence-electron chi connectivity index (χ1n) is 14.1. The molecule has 6 rings (SSSR count). The van der Waals surface area contributed by atoms with Gasteiger partial charge >= 0.3 is 6.18 Å². The van der Waals surface area contributed by atoms with E-state index in [1.54, 1.807) is 30.0 Å². The average molecular weight is 567 g/mol. The molecule has 0 spiro atoms. The molecule has 1 N–H and O–H groups in total. The SMILES string of the molecule is CCN1CCN(C(=O)c2cc3cnc(Nc4cc(-n5cnc(C)c5)cc(C(F)(F)F)c4)nc3n2C2CCCC2)CC1. The molecule has 0 unspecified atom stereocenters. The number of imidazole rings is 1. The van der Waals surface area contributed by atoms with Gasteiger partial charge in [-0.3, -0.25) is 4.79 Å². The van der Waals surface area contributed by atoms with Crippen molar-refractivity contribution in [3.05, 3.63) is 59.9 Å². The molecule has 1 aromatic carbocycles. The molecule has 4 aromatic rings. The van der Waals surface area contributed by atoms with Crippen LogP contribution < -0.4 is 5.32 Å². The Balaban J connectivity index is 1.36. The second-order valence-corrected chi connectivity index (χ2v) is 10.9. The molecule has 216 valence electrons. The standard InChI is InChI=1S/C29H33F3N8O/c1-3-37-8-10-38(11-9-37)27(41)25-12-20-16-33-28(36-26(20)40(25)23-6-4-5-7-23)35-22-13-21(29(30,31)32)14-24(15-22)39-17-19(2)34-18-39/h12-18,23H,3-11H2,1-2H3,(H,33,35,36). The second kappa shape index (κ2) is 10.8. The highest BCUT2D eigenvalue weighted by atomic mass is 19.4. The summed E-state index contributed by atoms with van der Waals surface area (Å²) in [6.45, 7) is 7.89. The molecule has 1 saturated heterocycles. The number of piperazine rings is 1. The van der Waals surface area contributed by atoms with Gasteiger partial charge in [-0.05, 0) is 50.6 Å². The first-order chi connectivity index (χ1) is 19.7. The molecular formula is C29H33F3N8O. The van der Waals surface area contributed by atoms with Crippen LogP contribution in [-0.4, -0.2) is 72.5 Å². The van der Waals surface area contributed by atoms with E-state index in [2.05, 4.69) is 27.1 Å². The maximum absolute atomic E-state index is 13.8. The van der Waals surface area contributed by atoms with Gasteiger partial charge in [0, 0.05) is 61.4 Å². The molecule has 2 aliphatic rings. The van der Waals surface area contributed by atoms with E-state index in [0.717, 1.165) is 62.8 Å². The van der Waals surface area contributed by atoms with Gasteiger partial charge in [-0.2, -0.15) is 18.2 Å². The van der Waals surface area contributed by atoms with Crippen LogP contribution in [0.25, 0.3) is 16.7 Å². The number of benzene rings is 1. The molecule has 0 atom stereocenters. The number of alkyl halides is 3. The summed E-state index contributed by atoms with van der Waals surface area (Å²) in [6.07, 6.45) is 4.28. The summed E-state index contributed by atoms with van der Waals surface area (Å²) in [6, 6.07) is 5.72. The van der Waals surface area contributed by atoms with Crippen LogP contribution in [0, 0.1) is 6.92 Å². The van der Waals surface area contributed by atoms with Gasteiger partial charge in [0.05, 0.1) is 17.6 Å². The Morgan fingerprint density at radius 2 is 1.80 bits per heavy atom. The van der Waals surface area contributed by atoms with Crippen molar-refractivity contribution in [2.75, 3.05) is 38.0 Å². The van der Waals surface area contributed by atoms with Crippen LogP contribution in [0.2, 0.25) is 0 Å². The average Bonchev–Trinajstić information content (AvgIpc) is 3.72. The fourth-order valence-corrected chi connectivity index (χ4v) is 5.88. The van der Waals surface area contributed by atoms with E-state index in [0.29, 0.717) is 35.8 Å². The summed E-state index contributed by atoms with van der Waals surface area (Å²) in [5.74, 6) is 0.149. The second-order valence-electron chi connectivity index (χ2n) is 10.9. The minimum Gasteiger partial charge on any atom is -0.335 e. The van der Waals surface area contributed by atoms with Crippen molar-refractivity contribution in [2.45, 2.75) is 51.7 Å². The van der Waals surface area contributed by atoms with Gasteiger partial charge in [0.1, 0.15) is 11.3 Å². The quantitative estimate of drug-likeness (QED) is 0.328. The molecule has 9 nitrogen and oxygen atoms in total. The van der Waals surface area contributed by atoms with E-state index in [9.17, 15) is 18.0 Å². The largest absolute Gasteiger partial charge is 0.416 e. The number of nitrogens with one attached hydrogen (secondary N) is 1. The minimum absolute atomic E-state index is 0.0155. The molecule has 12 heteroatoms. The van der Waals surface area contributed by atoms with Crippen LogP contribution in [-0.2, 0) is 6.18 Å². The lowest BCUT2D eigenvalue weighted by Gasteiger charge is -2.34. The van der Waals surface area contributed by atoms with Crippen molar-refractivity contribution < 1.29 is 18.0 Å². The zero-order valence-electron chi connectivity index (χ0n) is 23.2. The van der Waals surface area contributed by atoms with Crippen molar-refractivity contribution >= 4 is 28.6 Å². The van der Waals surface area contributed by atoms with Crippen molar-refractivity contribution in [2.24, 2.45) is 0 Å². The third kappa shape index (κ3) is 5.52. The zero-order valence-corrected chi connectivity index (χ0v) is 23.2. The summed E-state index contributed by atoms with van der Waals surface area (Å²) in [5.41, 5.74) is 1.62. The molecule has 1 aliphatic carbocycles. The van der Waals surface area contributed by atoms with Gasteiger partial charge in [-0.1, -0.05) is 19.8 Å². The maximum Gasteiger partial charge on any atom is 0.416 e. The fraction of sp³-hybridized carbons (Fsp3) is 0.448. The molecule has 1 amide bonds. The van der Waals surface area contributed by atoms with E-state index >= 15 is 0 Å². The van der Waals surface area contributed by atoms with Crippen LogP contribution in [0.4, 0.5) is 24.8 Å². The Bertz CT molecular complexity index is 1560. The Labute approximate surface area is 236 Å². The highest BCUT2D eigenvalue weighted by Gasteiger charge is 2.32. The summed E-state index contributed by atoms with van der Waals surface area (Å²) in [5, 5.41) is 3.72. The lowest BCUT2D eigenvalue weighted by molar-refractivity contribution is -0.137. The van der Waals surface area contributed by atoms with E-state index in [4.69, 9.17) is 4.98 Å². The highest BCUT2D eigenvalue weighted by molar-refractivity contribution is 5.98. The Morgan fingerprint density at radius 1 is 1.05 bits per heavy atom. The first-order valence-corrected chi connectivity index (χ1v) is 14.1. The van der Waals surface area contributed by atoms with Crippen LogP contribution in [0.5, 0.6) is 0 Å². The van der Waals surface area contributed by atoms with Crippen molar-refractivity contribution in [3.8, 4) is 5.69 Å². The van der Waals surface area contributed by atoms with Gasteiger partial charge in [0.2, 0.25) is 5.95 Å². The monoisotopic (exact) mass is 566 g/mol. The number of aryl methyl sites for hydroxylation is 1. The summed E-state index contributed by atoms with van der Waals surface area (Å²) in [7, 11) is 0. The van der Waals surface area contributed by atoms with E-state index in [1.807, 2.05) is 15.5 Å². The zero-order chi connectivity index (χ0) is 28.7. The molecule has 3 aromatic heterocycles. The third-order valence-corrected chi connectivity index (χ3v) is 8.10. The summed E-state index contributed by atoms with van der Waals surface area (Å²) >= 11 is 0. The number of hydrogen-bond acceptors (Lipinski definition) is 6. The summed E-state index contributed by atoms with van der Waals surface area (Å²) < 4.78 is 45.0. The fourth-order valence-electron chi connectivity index (χ4n) is 5.88. The molecule has 1 aliphatic heterocycles. The molecular weight excluding hydrogens is 533 g/mol. The van der Waals surface area contributed by atoms with Crippen LogP contribution in [0.3, 0.4) is 0 Å². The number of carbonyl (C=O) groups is 1. The van der Waals surface area contributed by atoms with Gasteiger partial charge in [0.25, 0.3) is 5.91 Å². The molecule has 1 saturated carbocycles. The Morgan fingerprint density at radius 3 is 2.46 bits per heavy atom. The van der Waals surface area contributed by atoms with E-state index in [1.165, 1.54) is 6.33 Å². The Kier molecular flexibility index (Phi) is 7.18. The predicted molar refractivity (Wildman–Crippen MR) is 150 cm³/mol. The number of carbonyl (C=O) groups excluding carboxylic acids is 1.